The van der Waals surface area contributed by atoms with E-state index in [1.807, 2.05) is 0 Å². The van der Waals surface area contributed by atoms with E-state index < -0.39 is 52.5 Å². The molecule has 5 nitrogen and oxygen atoms in total. The van der Waals surface area contributed by atoms with Gasteiger partial charge in [0.25, 0.3) is 0 Å². The average molecular weight is 423 g/mol. The van der Waals surface area contributed by atoms with Crippen LogP contribution in [0.5, 0.6) is 5.75 Å². The molecule has 0 fully saturated rings. The lowest BCUT2D eigenvalue weighted by Crippen LogP contribution is -2.17. The number of carbonyl (C=O) groups excluding carboxylic acids is 2. The van der Waals surface area contributed by atoms with Crippen molar-refractivity contribution in [3.05, 3.63) is 94.6 Å². The van der Waals surface area contributed by atoms with Crippen LogP contribution < -0.4 is 4.74 Å². The molecule has 0 aliphatic carbocycles. The molecule has 0 aliphatic heterocycles. The summed E-state index contributed by atoms with van der Waals surface area (Å²) >= 11 is 0. The number of halogens is 5. The highest BCUT2D eigenvalue weighted by molar-refractivity contribution is 5.92. The topological polar surface area (TPSA) is 65.5 Å². The molecule has 0 radical (unpaired) electrons. The van der Waals surface area contributed by atoms with Crippen molar-refractivity contribution < 1.29 is 41.0 Å². The maximum atomic E-state index is 13.7. The minimum Gasteiger partial charge on any atom is -0.456 e. The van der Waals surface area contributed by atoms with Crippen molar-refractivity contribution in [1.29, 1.82) is 0 Å². The molecule has 1 heterocycles. The zero-order valence-corrected chi connectivity index (χ0v) is 14.8. The van der Waals surface area contributed by atoms with Gasteiger partial charge in [-0.2, -0.15) is 8.78 Å². The van der Waals surface area contributed by atoms with Crippen LogP contribution in [0.25, 0.3) is 0 Å². The maximum absolute atomic E-state index is 13.7. The smallest absolute Gasteiger partial charge is 0.362 e. The largest absolute Gasteiger partial charge is 0.456 e. The number of ether oxygens (including phenoxy) is 2. The third-order valence-corrected chi connectivity index (χ3v) is 3.74. The number of carbonyl (C=O) groups is 2. The summed E-state index contributed by atoms with van der Waals surface area (Å²) in [6, 6.07) is 12.1. The standard InChI is InChI=1S/C20H10F5NO4/c21-13-14(22)16(24)18(17(25)15(13)23)30-20(28)12-8-4-7-11(26-12)19(27)29-9-10-5-2-1-3-6-10/h1-8H,9H2. The van der Waals surface area contributed by atoms with Crippen LogP contribution in [0.2, 0.25) is 0 Å². The Hall–Kier alpha value is -3.82. The van der Waals surface area contributed by atoms with Crippen LogP contribution in [0, 0.1) is 29.1 Å². The van der Waals surface area contributed by atoms with Crippen molar-refractivity contribution in [2.45, 2.75) is 6.61 Å². The Kier molecular flexibility index (Phi) is 6.05. The molecule has 0 aliphatic rings. The van der Waals surface area contributed by atoms with Crippen LogP contribution in [0.15, 0.2) is 48.5 Å². The molecule has 2 aromatic carbocycles. The molecule has 0 spiro atoms. The summed E-state index contributed by atoms with van der Waals surface area (Å²) in [5.74, 6) is -15.8. The summed E-state index contributed by atoms with van der Waals surface area (Å²) in [6.45, 7) is -0.0828. The summed E-state index contributed by atoms with van der Waals surface area (Å²) in [5, 5.41) is 0. The zero-order chi connectivity index (χ0) is 21.8. The normalized spacial score (nSPS) is 10.6. The summed E-state index contributed by atoms with van der Waals surface area (Å²) in [5.41, 5.74) is -0.265. The van der Waals surface area contributed by atoms with E-state index in [-0.39, 0.29) is 12.3 Å². The van der Waals surface area contributed by atoms with Crippen molar-refractivity contribution in [2.24, 2.45) is 0 Å². The Bertz CT molecular complexity index is 1090. The third-order valence-electron chi connectivity index (χ3n) is 3.74. The maximum Gasteiger partial charge on any atom is 0.362 e. The number of benzene rings is 2. The third kappa shape index (κ3) is 4.27. The number of pyridine rings is 1. The van der Waals surface area contributed by atoms with Crippen LogP contribution in [-0.4, -0.2) is 16.9 Å². The molecule has 0 unspecified atom stereocenters. The molecule has 0 atom stereocenters. The van der Waals surface area contributed by atoms with Gasteiger partial charge in [-0.25, -0.2) is 27.7 Å². The second-order valence-electron chi connectivity index (χ2n) is 5.76. The molecule has 0 saturated heterocycles. The summed E-state index contributed by atoms with van der Waals surface area (Å²) in [4.78, 5) is 27.8. The Morgan fingerprint density at radius 3 is 1.83 bits per heavy atom. The molecule has 0 saturated carbocycles. The number of rotatable bonds is 5. The van der Waals surface area contributed by atoms with Gasteiger partial charge >= 0.3 is 11.9 Å². The number of hydrogen-bond acceptors (Lipinski definition) is 5. The quantitative estimate of drug-likeness (QED) is 0.201. The first-order valence-electron chi connectivity index (χ1n) is 8.21. The molecule has 3 aromatic rings. The number of aromatic nitrogens is 1. The van der Waals surface area contributed by atoms with E-state index in [1.54, 1.807) is 30.3 Å². The van der Waals surface area contributed by atoms with Gasteiger partial charge in [-0.15, -0.1) is 0 Å². The van der Waals surface area contributed by atoms with Gasteiger partial charge in [-0.3, -0.25) is 0 Å². The molecular formula is C20H10F5NO4. The second-order valence-corrected chi connectivity index (χ2v) is 5.76. The van der Waals surface area contributed by atoms with E-state index in [1.165, 1.54) is 12.1 Å². The monoisotopic (exact) mass is 423 g/mol. The van der Waals surface area contributed by atoms with Crippen LogP contribution in [0.4, 0.5) is 22.0 Å². The van der Waals surface area contributed by atoms with Crippen molar-refractivity contribution in [3.63, 3.8) is 0 Å². The second kappa shape index (κ2) is 8.68. The van der Waals surface area contributed by atoms with Gasteiger partial charge in [0.2, 0.25) is 34.8 Å². The summed E-state index contributed by atoms with van der Waals surface area (Å²) in [7, 11) is 0. The van der Waals surface area contributed by atoms with E-state index in [0.29, 0.717) is 5.56 Å². The first-order chi connectivity index (χ1) is 14.3. The van der Waals surface area contributed by atoms with Gasteiger partial charge < -0.3 is 9.47 Å². The Morgan fingerprint density at radius 2 is 1.23 bits per heavy atom. The minimum atomic E-state index is -2.40. The van der Waals surface area contributed by atoms with E-state index in [9.17, 15) is 31.5 Å². The molecule has 0 bridgehead atoms. The predicted molar refractivity (Wildman–Crippen MR) is 91.0 cm³/mol. The summed E-state index contributed by atoms with van der Waals surface area (Å²) in [6.07, 6.45) is 0. The Labute approximate surface area is 165 Å². The van der Waals surface area contributed by atoms with Crippen LogP contribution in [-0.2, 0) is 11.3 Å². The zero-order valence-electron chi connectivity index (χ0n) is 14.8. The highest BCUT2D eigenvalue weighted by Crippen LogP contribution is 2.29. The van der Waals surface area contributed by atoms with Crippen molar-refractivity contribution in [1.82, 2.24) is 4.98 Å². The number of hydrogen-bond donors (Lipinski definition) is 0. The lowest BCUT2D eigenvalue weighted by molar-refractivity contribution is 0.0465. The number of esters is 2. The molecule has 1 aromatic heterocycles. The molecule has 10 heteroatoms. The highest BCUT2D eigenvalue weighted by Gasteiger charge is 2.29. The molecule has 154 valence electrons. The van der Waals surface area contributed by atoms with E-state index >= 15 is 0 Å². The van der Waals surface area contributed by atoms with Gasteiger partial charge in [0.1, 0.15) is 18.0 Å². The van der Waals surface area contributed by atoms with Crippen LogP contribution in [0.1, 0.15) is 26.5 Å². The van der Waals surface area contributed by atoms with E-state index in [0.717, 1.165) is 6.07 Å². The fourth-order valence-corrected chi connectivity index (χ4v) is 2.28. The number of nitrogens with zero attached hydrogens (tertiary/aromatic N) is 1. The van der Waals surface area contributed by atoms with Gasteiger partial charge in [0.05, 0.1) is 0 Å². The highest BCUT2D eigenvalue weighted by atomic mass is 19.2. The molecule has 3 rings (SSSR count). The van der Waals surface area contributed by atoms with Crippen molar-refractivity contribution in [2.75, 3.05) is 0 Å². The van der Waals surface area contributed by atoms with Gasteiger partial charge in [0, 0.05) is 0 Å². The van der Waals surface area contributed by atoms with Crippen molar-refractivity contribution in [3.8, 4) is 5.75 Å². The van der Waals surface area contributed by atoms with Gasteiger partial charge in [-0.1, -0.05) is 36.4 Å². The fourth-order valence-electron chi connectivity index (χ4n) is 2.28. The SMILES string of the molecule is O=C(OCc1ccccc1)c1cccc(C(=O)Oc2c(F)c(F)c(F)c(F)c2F)n1. The lowest BCUT2D eigenvalue weighted by Gasteiger charge is -2.09. The first-order valence-corrected chi connectivity index (χ1v) is 8.21. The summed E-state index contributed by atoms with van der Waals surface area (Å²) < 4.78 is 76.1. The molecular weight excluding hydrogens is 413 g/mol. The lowest BCUT2D eigenvalue weighted by atomic mass is 10.2. The van der Waals surface area contributed by atoms with Crippen LogP contribution in [0.3, 0.4) is 0 Å². The Balaban J connectivity index is 1.78. The first kappa shape index (κ1) is 20.9. The van der Waals surface area contributed by atoms with Gasteiger partial charge in [-0.05, 0) is 17.7 Å². The average Bonchev–Trinajstić information content (AvgIpc) is 2.78. The Morgan fingerprint density at radius 1 is 0.700 bits per heavy atom. The predicted octanol–water partition coefficient (Wildman–Crippen LogP) is 4.35. The minimum absolute atomic E-state index is 0.0828. The van der Waals surface area contributed by atoms with Crippen LogP contribution >= 0.6 is 0 Å². The van der Waals surface area contributed by atoms with Crippen molar-refractivity contribution >= 4 is 11.9 Å². The van der Waals surface area contributed by atoms with Gasteiger partial charge in [0.15, 0.2) is 0 Å². The molecule has 0 N–H and O–H groups in total. The molecule has 0 amide bonds. The molecule has 30 heavy (non-hydrogen) atoms. The van der Waals surface area contributed by atoms with E-state index in [2.05, 4.69) is 9.72 Å². The van der Waals surface area contributed by atoms with E-state index in [4.69, 9.17) is 4.74 Å². The fraction of sp³-hybridized carbons (Fsp3) is 0.0500.